The van der Waals surface area contributed by atoms with Crippen LogP contribution in [0.1, 0.15) is 63.5 Å². The van der Waals surface area contributed by atoms with Crippen molar-refractivity contribution in [3.63, 3.8) is 0 Å². The maximum Gasteiger partial charge on any atom is 0.407 e. The van der Waals surface area contributed by atoms with Crippen molar-refractivity contribution in [3.8, 4) is 5.75 Å². The van der Waals surface area contributed by atoms with E-state index in [1.807, 2.05) is 18.2 Å². The van der Waals surface area contributed by atoms with Crippen LogP contribution in [0, 0.1) is 17.8 Å². The molecule has 2 fully saturated rings. The summed E-state index contributed by atoms with van der Waals surface area (Å²) >= 11 is 6.44. The molecule has 12 heteroatoms. The SMILES string of the molecule is CN1C/C=C\[C@H](OC(=O)NCC2CC2)[C@@H]2CC[C@H]2CN2C[C@@]3(CCCc4cc(Cl)ccc43)COc3ccc(cc32)S(=O)(=O)NC(=O)C1(C)C. The first-order chi connectivity index (χ1) is 23.3. The Hall–Kier alpha value is -3.28. The molecule has 2 aromatic carbocycles. The Balaban J connectivity index is 1.28. The van der Waals surface area contributed by atoms with Gasteiger partial charge in [0.05, 0.1) is 22.7 Å². The second kappa shape index (κ2) is 13.1. The maximum atomic E-state index is 13.7. The molecule has 2 amide bonds. The van der Waals surface area contributed by atoms with Gasteiger partial charge in [0.1, 0.15) is 11.9 Å². The number of hydrogen-bond donors (Lipinski definition) is 2. The number of nitrogens with zero attached hydrogens (tertiary/aromatic N) is 2. The van der Waals surface area contributed by atoms with Crippen molar-refractivity contribution in [2.24, 2.45) is 17.8 Å². The Bertz CT molecular complexity index is 1760. The standard InChI is InChI=1S/C37H47ClN4O6S/c1-36(2)34(43)40-49(45,46)28-12-15-33-31(19-28)42(22-37(23-47-33)16-4-6-25-18-27(38)11-14-30(25)37)21-26-10-13-29(26)32(7-5-17-41(36)3)48-35(44)39-20-24-8-9-24/h5,7,11-12,14-15,18-19,24,26,29,32H,4,6,8-10,13,16-17,20-23H2,1-3H3,(H,39,44)(H,40,43)/b7-5-/t26-,29+,32-,37-/m0/s1. The average molecular weight is 711 g/mol. The van der Waals surface area contributed by atoms with Crippen LogP contribution in [0.2, 0.25) is 5.02 Å². The molecule has 2 saturated carbocycles. The summed E-state index contributed by atoms with van der Waals surface area (Å²) in [6.07, 6.45) is 9.97. The molecule has 4 atom stereocenters. The van der Waals surface area contributed by atoms with E-state index >= 15 is 0 Å². The Labute approximate surface area is 294 Å². The highest BCUT2D eigenvalue weighted by molar-refractivity contribution is 7.90. The van der Waals surface area contributed by atoms with Crippen molar-refractivity contribution in [1.82, 2.24) is 14.9 Å². The molecule has 0 saturated heterocycles. The van der Waals surface area contributed by atoms with Crippen LogP contribution in [0.25, 0.3) is 0 Å². The first-order valence-electron chi connectivity index (χ1n) is 17.5. The molecule has 2 N–H and O–H groups in total. The van der Waals surface area contributed by atoms with Gasteiger partial charge >= 0.3 is 6.09 Å². The number of fused-ring (bicyclic) bond motifs is 4. The van der Waals surface area contributed by atoms with Crippen LogP contribution >= 0.6 is 11.6 Å². The third-order valence-corrected chi connectivity index (χ3v) is 13.2. The fourth-order valence-corrected chi connectivity index (χ4v) is 9.16. The first kappa shape index (κ1) is 34.2. The number of rotatable bonds is 3. The second-order valence-electron chi connectivity index (χ2n) is 15.2. The minimum absolute atomic E-state index is 0.00382. The minimum atomic E-state index is -4.20. The maximum absolute atomic E-state index is 13.7. The molecule has 5 aliphatic rings. The van der Waals surface area contributed by atoms with E-state index in [0.29, 0.717) is 55.2 Å². The number of benzene rings is 2. The Morgan fingerprint density at radius 3 is 2.71 bits per heavy atom. The fourth-order valence-electron chi connectivity index (χ4n) is 7.84. The van der Waals surface area contributed by atoms with Crippen molar-refractivity contribution >= 4 is 39.3 Å². The molecular formula is C37H47ClN4O6S. The first-order valence-corrected chi connectivity index (χ1v) is 19.4. The van der Waals surface area contributed by atoms with Crippen LogP contribution in [0.5, 0.6) is 5.75 Å². The lowest BCUT2D eigenvalue weighted by Crippen LogP contribution is -2.54. The molecule has 7 rings (SSSR count). The number of hydrogen-bond acceptors (Lipinski definition) is 8. The number of carbonyl (C=O) groups excluding carboxylic acids is 2. The summed E-state index contributed by atoms with van der Waals surface area (Å²) < 4.78 is 42.5. The highest BCUT2D eigenvalue weighted by atomic mass is 35.5. The van der Waals surface area contributed by atoms with Gasteiger partial charge in [-0.2, -0.15) is 0 Å². The number of amides is 2. The van der Waals surface area contributed by atoms with Gasteiger partial charge in [-0.15, -0.1) is 0 Å². The van der Waals surface area contributed by atoms with Crippen LogP contribution in [-0.2, 0) is 31.4 Å². The molecule has 10 nitrogen and oxygen atoms in total. The van der Waals surface area contributed by atoms with Gasteiger partial charge in [-0.1, -0.05) is 23.7 Å². The van der Waals surface area contributed by atoms with E-state index in [0.717, 1.165) is 44.9 Å². The van der Waals surface area contributed by atoms with Crippen molar-refractivity contribution in [3.05, 3.63) is 64.7 Å². The second-order valence-corrected chi connectivity index (χ2v) is 17.4. The van der Waals surface area contributed by atoms with Crippen LogP contribution in [-0.4, -0.2) is 76.8 Å². The lowest BCUT2D eigenvalue weighted by molar-refractivity contribution is -0.128. The van der Waals surface area contributed by atoms with Crippen molar-refractivity contribution in [1.29, 1.82) is 0 Å². The number of halogens is 1. The van der Waals surface area contributed by atoms with E-state index in [-0.39, 0.29) is 22.1 Å². The van der Waals surface area contributed by atoms with Gasteiger partial charge in [-0.25, -0.2) is 17.9 Å². The monoisotopic (exact) mass is 710 g/mol. The summed E-state index contributed by atoms with van der Waals surface area (Å²) in [6.45, 7) is 6.06. The van der Waals surface area contributed by atoms with Gasteiger partial charge in [0, 0.05) is 42.5 Å². The van der Waals surface area contributed by atoms with E-state index < -0.39 is 33.7 Å². The zero-order valence-corrected chi connectivity index (χ0v) is 30.1. The van der Waals surface area contributed by atoms with Gasteiger partial charge in [-0.05, 0) is 125 Å². The molecule has 264 valence electrons. The van der Waals surface area contributed by atoms with E-state index in [9.17, 15) is 18.0 Å². The van der Waals surface area contributed by atoms with Crippen LogP contribution in [0.4, 0.5) is 10.5 Å². The minimum Gasteiger partial charge on any atom is -0.490 e. The number of likely N-dealkylation sites (N-methyl/N-ethyl adjacent to an activating group) is 1. The molecule has 0 radical (unpaired) electrons. The number of sulfonamides is 1. The van der Waals surface area contributed by atoms with E-state index in [4.69, 9.17) is 21.1 Å². The number of aryl methyl sites for hydroxylation is 1. The highest BCUT2D eigenvalue weighted by Crippen LogP contribution is 2.47. The van der Waals surface area contributed by atoms with Gasteiger partial charge in [0.2, 0.25) is 0 Å². The van der Waals surface area contributed by atoms with Crippen molar-refractivity contribution in [2.75, 3.05) is 44.7 Å². The molecule has 49 heavy (non-hydrogen) atoms. The third-order valence-electron chi connectivity index (χ3n) is 11.6. The van der Waals surface area contributed by atoms with Crippen LogP contribution in [0.3, 0.4) is 0 Å². The molecule has 2 aliphatic heterocycles. The summed E-state index contributed by atoms with van der Waals surface area (Å²) in [4.78, 5) is 30.6. The zero-order chi connectivity index (χ0) is 34.6. The van der Waals surface area contributed by atoms with Crippen molar-refractivity contribution in [2.45, 2.75) is 80.7 Å². The van der Waals surface area contributed by atoms with E-state index in [1.54, 1.807) is 37.9 Å². The quantitative estimate of drug-likeness (QED) is 0.406. The fraction of sp³-hybridized carbons (Fsp3) is 0.568. The predicted molar refractivity (Wildman–Crippen MR) is 189 cm³/mol. The van der Waals surface area contributed by atoms with E-state index in [2.05, 4.69) is 27.1 Å². The van der Waals surface area contributed by atoms with Gasteiger partial charge < -0.3 is 19.7 Å². The number of carbonyl (C=O) groups is 2. The molecule has 0 aromatic heterocycles. The third kappa shape index (κ3) is 6.90. The van der Waals surface area contributed by atoms with Crippen LogP contribution in [0.15, 0.2) is 53.4 Å². The Morgan fingerprint density at radius 1 is 1.14 bits per heavy atom. The molecule has 3 aliphatic carbocycles. The van der Waals surface area contributed by atoms with Gasteiger partial charge in [0.25, 0.3) is 15.9 Å². The normalized spacial score (nSPS) is 30.0. The molecule has 2 aromatic rings. The Kier molecular flexibility index (Phi) is 9.15. The van der Waals surface area contributed by atoms with Crippen LogP contribution < -0.4 is 19.7 Å². The van der Waals surface area contributed by atoms with Gasteiger partial charge in [-0.3, -0.25) is 9.69 Å². The molecule has 1 spiro atoms. The predicted octanol–water partition coefficient (Wildman–Crippen LogP) is 5.43. The molecule has 2 bridgehead atoms. The average Bonchev–Trinajstić information content (AvgIpc) is 3.89. The largest absolute Gasteiger partial charge is 0.490 e. The lowest BCUT2D eigenvalue weighted by atomic mass is 9.68. The molecule has 2 heterocycles. The number of ether oxygens (including phenoxy) is 2. The number of nitrogens with one attached hydrogen (secondary N) is 2. The highest BCUT2D eigenvalue weighted by Gasteiger charge is 2.45. The molecular weight excluding hydrogens is 664 g/mol. The molecule has 0 unspecified atom stereocenters. The summed E-state index contributed by atoms with van der Waals surface area (Å²) in [5.41, 5.74) is 1.63. The topological polar surface area (TPSA) is 117 Å². The number of anilines is 1. The summed E-state index contributed by atoms with van der Waals surface area (Å²) in [7, 11) is -2.43. The number of alkyl carbamates (subject to hydrolysis) is 1. The summed E-state index contributed by atoms with van der Waals surface area (Å²) in [5, 5.41) is 3.67. The smallest absolute Gasteiger partial charge is 0.407 e. The van der Waals surface area contributed by atoms with E-state index in [1.165, 1.54) is 17.2 Å². The summed E-state index contributed by atoms with van der Waals surface area (Å²) in [5.74, 6) is 0.758. The lowest BCUT2D eigenvalue weighted by Gasteiger charge is -2.46. The Morgan fingerprint density at radius 2 is 1.96 bits per heavy atom. The van der Waals surface area contributed by atoms with Gasteiger partial charge in [0.15, 0.2) is 0 Å². The van der Waals surface area contributed by atoms with Crippen molar-refractivity contribution < 1.29 is 27.5 Å². The summed E-state index contributed by atoms with van der Waals surface area (Å²) in [6, 6.07) is 11.0. The zero-order valence-electron chi connectivity index (χ0n) is 28.5.